The molecule has 0 fully saturated rings. The van der Waals surface area contributed by atoms with Crippen molar-refractivity contribution in [3.8, 4) is 0 Å². The molecule has 1 aromatic rings. The number of amides is 1. The predicted molar refractivity (Wildman–Crippen MR) is 81.3 cm³/mol. The third-order valence-corrected chi connectivity index (χ3v) is 3.36. The Balaban J connectivity index is 2.45. The Morgan fingerprint density at radius 1 is 1.26 bits per heavy atom. The van der Waals surface area contributed by atoms with Gasteiger partial charge < -0.3 is 10.6 Å². The van der Waals surface area contributed by atoms with E-state index in [0.29, 0.717) is 12.5 Å². The summed E-state index contributed by atoms with van der Waals surface area (Å²) in [5.74, 6) is 0.116. The van der Waals surface area contributed by atoms with E-state index >= 15 is 0 Å². The number of benzene rings is 1. The Labute approximate surface area is 116 Å². The molecular formula is C16H26N2O. The van der Waals surface area contributed by atoms with Crippen LogP contribution < -0.4 is 10.6 Å². The van der Waals surface area contributed by atoms with Crippen LogP contribution in [0.5, 0.6) is 0 Å². The van der Waals surface area contributed by atoms with Gasteiger partial charge in [0.1, 0.15) is 0 Å². The van der Waals surface area contributed by atoms with Gasteiger partial charge in [0.15, 0.2) is 0 Å². The first-order valence-electron chi connectivity index (χ1n) is 7.24. The van der Waals surface area contributed by atoms with Crippen LogP contribution in [0.15, 0.2) is 24.3 Å². The molecule has 0 saturated heterocycles. The highest BCUT2D eigenvalue weighted by Gasteiger charge is 2.05. The molecule has 1 atom stereocenters. The van der Waals surface area contributed by atoms with E-state index in [1.54, 1.807) is 0 Å². The van der Waals surface area contributed by atoms with Crippen molar-refractivity contribution in [3.63, 3.8) is 0 Å². The molecule has 0 radical (unpaired) electrons. The number of hydrogen-bond donors (Lipinski definition) is 2. The molecule has 0 aliphatic rings. The molecule has 0 aromatic heterocycles. The van der Waals surface area contributed by atoms with Crippen LogP contribution in [0.1, 0.15) is 57.6 Å². The lowest BCUT2D eigenvalue weighted by molar-refractivity contribution is -0.116. The van der Waals surface area contributed by atoms with Gasteiger partial charge in [-0.3, -0.25) is 4.79 Å². The molecular weight excluding hydrogens is 236 g/mol. The van der Waals surface area contributed by atoms with Crippen molar-refractivity contribution in [2.24, 2.45) is 0 Å². The Kier molecular flexibility index (Phi) is 7.19. The predicted octanol–water partition coefficient (Wildman–Crippen LogP) is 3.88. The molecule has 1 amide bonds. The van der Waals surface area contributed by atoms with Crippen LogP contribution in [0, 0.1) is 0 Å². The van der Waals surface area contributed by atoms with Crippen molar-refractivity contribution in [2.45, 2.75) is 52.0 Å². The van der Waals surface area contributed by atoms with Gasteiger partial charge in [0.2, 0.25) is 5.91 Å². The number of rotatable bonds is 8. The summed E-state index contributed by atoms with van der Waals surface area (Å²) in [6.45, 7) is 4.28. The van der Waals surface area contributed by atoms with E-state index < -0.39 is 0 Å². The SMILES string of the molecule is CCCCCCC(=O)Nc1cccc(C(C)NC)c1. The van der Waals surface area contributed by atoms with Gasteiger partial charge in [-0.05, 0) is 38.1 Å². The van der Waals surface area contributed by atoms with Gasteiger partial charge in [0, 0.05) is 18.2 Å². The van der Waals surface area contributed by atoms with E-state index in [4.69, 9.17) is 0 Å². The topological polar surface area (TPSA) is 41.1 Å². The zero-order valence-corrected chi connectivity index (χ0v) is 12.3. The zero-order valence-electron chi connectivity index (χ0n) is 12.3. The molecule has 0 spiro atoms. The fraction of sp³-hybridized carbons (Fsp3) is 0.562. The lowest BCUT2D eigenvalue weighted by Gasteiger charge is -2.12. The van der Waals surface area contributed by atoms with Gasteiger partial charge in [0.25, 0.3) is 0 Å². The van der Waals surface area contributed by atoms with Gasteiger partial charge >= 0.3 is 0 Å². The minimum absolute atomic E-state index is 0.116. The highest BCUT2D eigenvalue weighted by molar-refractivity contribution is 5.90. The van der Waals surface area contributed by atoms with Crippen molar-refractivity contribution >= 4 is 11.6 Å². The summed E-state index contributed by atoms with van der Waals surface area (Å²) in [5.41, 5.74) is 2.08. The average molecular weight is 262 g/mol. The first-order valence-corrected chi connectivity index (χ1v) is 7.24. The van der Waals surface area contributed by atoms with Gasteiger partial charge in [0.05, 0.1) is 0 Å². The van der Waals surface area contributed by atoms with Crippen molar-refractivity contribution in [2.75, 3.05) is 12.4 Å². The van der Waals surface area contributed by atoms with Crippen LogP contribution in [-0.4, -0.2) is 13.0 Å². The average Bonchev–Trinajstić information content (AvgIpc) is 2.43. The largest absolute Gasteiger partial charge is 0.326 e. The summed E-state index contributed by atoms with van der Waals surface area (Å²) in [5, 5.41) is 6.17. The maximum atomic E-state index is 11.8. The maximum Gasteiger partial charge on any atom is 0.224 e. The van der Waals surface area contributed by atoms with Crippen LogP contribution in [0.4, 0.5) is 5.69 Å². The van der Waals surface area contributed by atoms with E-state index in [0.717, 1.165) is 18.5 Å². The molecule has 3 nitrogen and oxygen atoms in total. The summed E-state index contributed by atoms with van der Waals surface area (Å²) in [7, 11) is 1.93. The first-order chi connectivity index (χ1) is 9.17. The Morgan fingerprint density at radius 3 is 2.74 bits per heavy atom. The number of unbranched alkanes of at least 4 members (excludes halogenated alkanes) is 3. The Bertz CT molecular complexity index is 390. The van der Waals surface area contributed by atoms with E-state index in [1.807, 2.05) is 25.2 Å². The van der Waals surface area contributed by atoms with Crippen molar-refractivity contribution in [3.05, 3.63) is 29.8 Å². The lowest BCUT2D eigenvalue weighted by Crippen LogP contribution is -2.14. The molecule has 3 heteroatoms. The Morgan fingerprint density at radius 2 is 2.05 bits per heavy atom. The molecule has 1 aromatic carbocycles. The molecule has 0 aliphatic heterocycles. The van der Waals surface area contributed by atoms with E-state index in [9.17, 15) is 4.79 Å². The van der Waals surface area contributed by atoms with E-state index in [-0.39, 0.29) is 5.91 Å². The molecule has 0 heterocycles. The summed E-state index contributed by atoms with van der Waals surface area (Å²) in [6.07, 6.45) is 5.15. The lowest BCUT2D eigenvalue weighted by atomic mass is 10.1. The quantitative estimate of drug-likeness (QED) is 0.698. The second-order valence-corrected chi connectivity index (χ2v) is 4.99. The maximum absolute atomic E-state index is 11.8. The van der Waals surface area contributed by atoms with Crippen LogP contribution in [0.2, 0.25) is 0 Å². The second kappa shape index (κ2) is 8.70. The molecule has 2 N–H and O–H groups in total. The molecule has 19 heavy (non-hydrogen) atoms. The third-order valence-electron chi connectivity index (χ3n) is 3.36. The highest BCUT2D eigenvalue weighted by Crippen LogP contribution is 2.17. The van der Waals surface area contributed by atoms with Crippen LogP contribution in [0.25, 0.3) is 0 Å². The molecule has 1 unspecified atom stereocenters. The molecule has 0 aliphatic carbocycles. The Hall–Kier alpha value is -1.35. The standard InChI is InChI=1S/C16H26N2O/c1-4-5-6-7-11-16(19)18-15-10-8-9-14(12-15)13(2)17-3/h8-10,12-13,17H,4-7,11H2,1-3H3,(H,18,19). The van der Waals surface area contributed by atoms with Crippen molar-refractivity contribution in [1.29, 1.82) is 0 Å². The minimum Gasteiger partial charge on any atom is -0.326 e. The molecule has 0 saturated carbocycles. The first kappa shape index (κ1) is 15.7. The number of nitrogens with one attached hydrogen (secondary N) is 2. The number of hydrogen-bond acceptors (Lipinski definition) is 2. The molecule has 106 valence electrons. The van der Waals surface area contributed by atoms with Gasteiger partial charge in [-0.15, -0.1) is 0 Å². The smallest absolute Gasteiger partial charge is 0.224 e. The van der Waals surface area contributed by atoms with Crippen LogP contribution in [-0.2, 0) is 4.79 Å². The summed E-state index contributed by atoms with van der Waals surface area (Å²) >= 11 is 0. The fourth-order valence-electron chi connectivity index (χ4n) is 1.99. The van der Waals surface area contributed by atoms with Crippen LogP contribution >= 0.6 is 0 Å². The minimum atomic E-state index is 0.116. The monoisotopic (exact) mass is 262 g/mol. The summed E-state index contributed by atoms with van der Waals surface area (Å²) in [4.78, 5) is 11.8. The van der Waals surface area contributed by atoms with E-state index in [1.165, 1.54) is 18.4 Å². The summed E-state index contributed by atoms with van der Waals surface area (Å²) < 4.78 is 0. The van der Waals surface area contributed by atoms with Crippen molar-refractivity contribution < 1.29 is 4.79 Å². The highest BCUT2D eigenvalue weighted by atomic mass is 16.1. The second-order valence-electron chi connectivity index (χ2n) is 4.99. The third kappa shape index (κ3) is 5.88. The number of anilines is 1. The fourth-order valence-corrected chi connectivity index (χ4v) is 1.99. The number of carbonyl (C=O) groups excluding carboxylic acids is 1. The van der Waals surface area contributed by atoms with Gasteiger partial charge in [-0.25, -0.2) is 0 Å². The van der Waals surface area contributed by atoms with Gasteiger partial charge in [-0.2, -0.15) is 0 Å². The zero-order chi connectivity index (χ0) is 14.1. The van der Waals surface area contributed by atoms with Gasteiger partial charge in [-0.1, -0.05) is 38.3 Å². The molecule has 0 bridgehead atoms. The summed E-state index contributed by atoms with van der Waals surface area (Å²) in [6, 6.07) is 8.32. The molecule has 1 rings (SSSR count). The number of carbonyl (C=O) groups is 1. The van der Waals surface area contributed by atoms with Crippen LogP contribution in [0.3, 0.4) is 0 Å². The normalized spacial score (nSPS) is 12.2. The van der Waals surface area contributed by atoms with Crippen molar-refractivity contribution in [1.82, 2.24) is 5.32 Å². The van der Waals surface area contributed by atoms with E-state index in [2.05, 4.69) is 30.5 Å².